The fourth-order valence-corrected chi connectivity index (χ4v) is 3.34. The number of aliphatic hydroxyl groups is 1. The molecule has 2 rings (SSSR count). The van der Waals surface area contributed by atoms with E-state index in [1.54, 1.807) is 0 Å². The Bertz CT molecular complexity index is 403. The van der Waals surface area contributed by atoms with Crippen LogP contribution in [0.25, 0.3) is 0 Å². The SMILES string of the molecule is CCCC1CCC(O)(Cc2cc(CC)nn2C)CC1. The van der Waals surface area contributed by atoms with Crippen LogP contribution in [0, 0.1) is 5.92 Å². The molecule has 1 aromatic heterocycles. The Morgan fingerprint density at radius 1 is 1.37 bits per heavy atom. The van der Waals surface area contributed by atoms with Crippen molar-refractivity contribution in [2.75, 3.05) is 0 Å². The predicted molar refractivity (Wildman–Crippen MR) is 78.1 cm³/mol. The highest BCUT2D eigenvalue weighted by molar-refractivity contribution is 5.13. The molecule has 1 saturated carbocycles. The molecule has 3 nitrogen and oxygen atoms in total. The molecule has 1 aliphatic rings. The molecule has 0 radical (unpaired) electrons. The van der Waals surface area contributed by atoms with Crippen LogP contribution in [0.3, 0.4) is 0 Å². The van der Waals surface area contributed by atoms with Crippen molar-refractivity contribution in [2.45, 2.75) is 70.8 Å². The summed E-state index contributed by atoms with van der Waals surface area (Å²) >= 11 is 0. The molecular formula is C16H28N2O. The van der Waals surface area contributed by atoms with Gasteiger partial charge >= 0.3 is 0 Å². The van der Waals surface area contributed by atoms with Crippen molar-refractivity contribution in [1.29, 1.82) is 0 Å². The molecule has 1 fully saturated rings. The number of hydrogen-bond donors (Lipinski definition) is 1. The summed E-state index contributed by atoms with van der Waals surface area (Å²) < 4.78 is 1.94. The predicted octanol–water partition coefficient (Wildman–Crippen LogP) is 3.25. The summed E-state index contributed by atoms with van der Waals surface area (Å²) in [6.45, 7) is 4.37. The molecule has 0 unspecified atom stereocenters. The summed E-state index contributed by atoms with van der Waals surface area (Å²) in [5.74, 6) is 0.836. The maximum absolute atomic E-state index is 10.8. The third-order valence-corrected chi connectivity index (χ3v) is 4.63. The van der Waals surface area contributed by atoms with Gasteiger partial charge in [-0.3, -0.25) is 4.68 Å². The van der Waals surface area contributed by atoms with Crippen LogP contribution >= 0.6 is 0 Å². The van der Waals surface area contributed by atoms with E-state index in [-0.39, 0.29) is 0 Å². The zero-order chi connectivity index (χ0) is 13.9. The Hall–Kier alpha value is -0.830. The first-order valence-electron chi connectivity index (χ1n) is 7.80. The quantitative estimate of drug-likeness (QED) is 0.886. The van der Waals surface area contributed by atoms with Gasteiger partial charge in [-0.15, -0.1) is 0 Å². The Balaban J connectivity index is 1.96. The second-order valence-electron chi connectivity index (χ2n) is 6.24. The van der Waals surface area contributed by atoms with Gasteiger partial charge in [0.15, 0.2) is 0 Å². The molecule has 108 valence electrons. The summed E-state index contributed by atoms with van der Waals surface area (Å²) in [6, 6.07) is 2.15. The monoisotopic (exact) mass is 264 g/mol. The van der Waals surface area contributed by atoms with Gasteiger partial charge in [-0.1, -0.05) is 26.7 Å². The molecule has 0 aromatic carbocycles. The maximum Gasteiger partial charge on any atom is 0.0703 e. The van der Waals surface area contributed by atoms with Gasteiger partial charge in [-0.05, 0) is 44.1 Å². The molecule has 1 aliphatic carbocycles. The molecular weight excluding hydrogens is 236 g/mol. The van der Waals surface area contributed by atoms with Gasteiger partial charge in [0, 0.05) is 19.2 Å². The van der Waals surface area contributed by atoms with Crippen molar-refractivity contribution >= 4 is 0 Å². The third-order valence-electron chi connectivity index (χ3n) is 4.63. The molecule has 0 saturated heterocycles. The Morgan fingerprint density at radius 2 is 2.05 bits per heavy atom. The number of aromatic nitrogens is 2. The molecule has 0 aliphatic heterocycles. The zero-order valence-corrected chi connectivity index (χ0v) is 12.7. The second-order valence-corrected chi connectivity index (χ2v) is 6.24. The van der Waals surface area contributed by atoms with Crippen molar-refractivity contribution < 1.29 is 5.11 Å². The third kappa shape index (κ3) is 3.59. The van der Waals surface area contributed by atoms with Crippen LogP contribution < -0.4 is 0 Å². The minimum atomic E-state index is -0.497. The molecule has 0 spiro atoms. The van der Waals surface area contributed by atoms with E-state index in [2.05, 4.69) is 25.0 Å². The lowest BCUT2D eigenvalue weighted by Gasteiger charge is -2.36. The van der Waals surface area contributed by atoms with Crippen LogP contribution in [-0.4, -0.2) is 20.5 Å². The summed E-state index contributed by atoms with van der Waals surface area (Å²) in [7, 11) is 1.99. The lowest BCUT2D eigenvalue weighted by Crippen LogP contribution is -2.36. The van der Waals surface area contributed by atoms with Crippen molar-refractivity contribution in [2.24, 2.45) is 13.0 Å². The van der Waals surface area contributed by atoms with Gasteiger partial charge in [0.2, 0.25) is 0 Å². The first-order valence-corrected chi connectivity index (χ1v) is 7.80. The van der Waals surface area contributed by atoms with E-state index in [9.17, 15) is 5.11 Å². The van der Waals surface area contributed by atoms with Crippen LogP contribution in [0.2, 0.25) is 0 Å². The molecule has 0 bridgehead atoms. The molecule has 0 amide bonds. The van der Waals surface area contributed by atoms with E-state index < -0.39 is 5.60 Å². The highest BCUT2D eigenvalue weighted by atomic mass is 16.3. The minimum Gasteiger partial charge on any atom is -0.389 e. The largest absolute Gasteiger partial charge is 0.389 e. The lowest BCUT2D eigenvalue weighted by atomic mass is 9.75. The van der Waals surface area contributed by atoms with E-state index in [1.165, 1.54) is 31.4 Å². The highest BCUT2D eigenvalue weighted by Gasteiger charge is 2.33. The summed E-state index contributed by atoms with van der Waals surface area (Å²) in [5, 5.41) is 15.3. The summed E-state index contributed by atoms with van der Waals surface area (Å²) in [5.41, 5.74) is 1.80. The van der Waals surface area contributed by atoms with Crippen LogP contribution in [0.15, 0.2) is 6.07 Å². The average Bonchev–Trinajstić information content (AvgIpc) is 2.73. The molecule has 1 aromatic rings. The second kappa shape index (κ2) is 6.08. The number of aryl methyl sites for hydroxylation is 2. The molecule has 3 heteroatoms. The zero-order valence-electron chi connectivity index (χ0n) is 12.7. The smallest absolute Gasteiger partial charge is 0.0703 e. The first-order chi connectivity index (χ1) is 9.06. The summed E-state index contributed by atoms with van der Waals surface area (Å²) in [6.07, 6.45) is 8.58. The Morgan fingerprint density at radius 3 is 2.58 bits per heavy atom. The number of nitrogens with zero attached hydrogens (tertiary/aromatic N) is 2. The fourth-order valence-electron chi connectivity index (χ4n) is 3.34. The Labute approximate surface area is 117 Å². The topological polar surface area (TPSA) is 38.1 Å². The number of hydrogen-bond acceptors (Lipinski definition) is 2. The molecule has 19 heavy (non-hydrogen) atoms. The van der Waals surface area contributed by atoms with Crippen molar-refractivity contribution in [3.05, 3.63) is 17.5 Å². The van der Waals surface area contributed by atoms with E-state index in [1.807, 2.05) is 11.7 Å². The van der Waals surface area contributed by atoms with Gasteiger partial charge < -0.3 is 5.11 Å². The van der Waals surface area contributed by atoms with E-state index >= 15 is 0 Å². The van der Waals surface area contributed by atoms with E-state index in [0.717, 1.165) is 37.3 Å². The van der Waals surface area contributed by atoms with Crippen molar-refractivity contribution in [3.8, 4) is 0 Å². The van der Waals surface area contributed by atoms with Gasteiger partial charge in [-0.2, -0.15) is 5.10 Å². The fraction of sp³-hybridized carbons (Fsp3) is 0.812. The minimum absolute atomic E-state index is 0.497. The van der Waals surface area contributed by atoms with Crippen LogP contribution in [0.4, 0.5) is 0 Å². The van der Waals surface area contributed by atoms with Gasteiger partial charge in [0.25, 0.3) is 0 Å². The van der Waals surface area contributed by atoms with Crippen LogP contribution in [-0.2, 0) is 19.9 Å². The van der Waals surface area contributed by atoms with E-state index in [0.29, 0.717) is 0 Å². The summed E-state index contributed by atoms with van der Waals surface area (Å²) in [4.78, 5) is 0. The van der Waals surface area contributed by atoms with Crippen LogP contribution in [0.1, 0.15) is 63.8 Å². The molecule has 1 N–H and O–H groups in total. The Kier molecular flexibility index (Phi) is 4.67. The lowest BCUT2D eigenvalue weighted by molar-refractivity contribution is -0.0113. The maximum atomic E-state index is 10.8. The van der Waals surface area contributed by atoms with Crippen molar-refractivity contribution in [3.63, 3.8) is 0 Å². The van der Waals surface area contributed by atoms with Gasteiger partial charge in [0.05, 0.1) is 11.3 Å². The van der Waals surface area contributed by atoms with E-state index in [4.69, 9.17) is 0 Å². The first kappa shape index (κ1) is 14.6. The number of rotatable bonds is 5. The average molecular weight is 264 g/mol. The highest BCUT2D eigenvalue weighted by Crippen LogP contribution is 2.36. The van der Waals surface area contributed by atoms with Crippen LogP contribution in [0.5, 0.6) is 0 Å². The van der Waals surface area contributed by atoms with Crippen molar-refractivity contribution in [1.82, 2.24) is 9.78 Å². The van der Waals surface area contributed by atoms with Gasteiger partial charge in [0.1, 0.15) is 0 Å². The molecule has 0 atom stereocenters. The van der Waals surface area contributed by atoms with Gasteiger partial charge in [-0.25, -0.2) is 0 Å². The normalized spacial score (nSPS) is 27.7. The molecule has 1 heterocycles. The standard InChI is InChI=1S/C16H28N2O/c1-4-6-13-7-9-16(19,10-8-13)12-15-11-14(5-2)17-18(15)3/h11,13,19H,4-10,12H2,1-3H3.